The number of nitrogens with one attached hydrogen (secondary N) is 1. The fourth-order valence-electron chi connectivity index (χ4n) is 3.82. The van der Waals surface area contributed by atoms with Gasteiger partial charge >= 0.3 is 0 Å². The molecular formula is C18H18N4OS. The first kappa shape index (κ1) is 14.2. The summed E-state index contributed by atoms with van der Waals surface area (Å²) >= 11 is 1.80. The van der Waals surface area contributed by atoms with Crippen molar-refractivity contribution < 1.29 is 4.79 Å². The smallest absolute Gasteiger partial charge is 0.221 e. The summed E-state index contributed by atoms with van der Waals surface area (Å²) in [6, 6.07) is 6.02. The topological polar surface area (TPSA) is 59.3 Å². The number of amides is 1. The standard InChI is InChI=1S/C18H18N4OS/c23-16-9-11(18-21-12-5-1-2-6-14(12)24-18)17-13(10-19-16)20-15-7-3-4-8-22(15)17/h3-4,7-8,11H,1-2,5-6,9-10H2,(H,19,23). The van der Waals surface area contributed by atoms with Crippen LogP contribution in [0.15, 0.2) is 24.4 Å². The molecule has 4 heterocycles. The molecule has 0 fully saturated rings. The summed E-state index contributed by atoms with van der Waals surface area (Å²) in [6.07, 6.45) is 7.17. The van der Waals surface area contributed by atoms with Crippen LogP contribution in [0.25, 0.3) is 5.65 Å². The van der Waals surface area contributed by atoms with Crippen LogP contribution in [0.2, 0.25) is 0 Å². The Morgan fingerprint density at radius 3 is 3.00 bits per heavy atom. The molecule has 0 spiro atoms. The van der Waals surface area contributed by atoms with Gasteiger partial charge < -0.3 is 9.72 Å². The van der Waals surface area contributed by atoms with Gasteiger partial charge in [-0.25, -0.2) is 9.97 Å². The van der Waals surface area contributed by atoms with E-state index in [-0.39, 0.29) is 11.8 Å². The normalized spacial score (nSPS) is 20.3. The highest BCUT2D eigenvalue weighted by molar-refractivity contribution is 7.11. The number of hydrogen-bond acceptors (Lipinski definition) is 4. The van der Waals surface area contributed by atoms with Crippen LogP contribution in [0.3, 0.4) is 0 Å². The second-order valence-electron chi connectivity index (χ2n) is 6.54. The molecule has 5 nitrogen and oxygen atoms in total. The number of aryl methyl sites for hydroxylation is 2. The molecule has 1 unspecified atom stereocenters. The number of fused-ring (bicyclic) bond motifs is 4. The van der Waals surface area contributed by atoms with Gasteiger partial charge in [0.1, 0.15) is 10.7 Å². The molecule has 0 saturated carbocycles. The quantitative estimate of drug-likeness (QED) is 0.742. The molecule has 6 heteroatoms. The van der Waals surface area contributed by atoms with E-state index in [0.29, 0.717) is 13.0 Å². The van der Waals surface area contributed by atoms with E-state index in [1.54, 1.807) is 11.3 Å². The summed E-state index contributed by atoms with van der Waals surface area (Å²) < 4.78 is 2.13. The highest BCUT2D eigenvalue weighted by Crippen LogP contribution is 2.38. The summed E-state index contributed by atoms with van der Waals surface area (Å²) in [6.45, 7) is 0.497. The van der Waals surface area contributed by atoms with E-state index in [9.17, 15) is 4.79 Å². The Labute approximate surface area is 143 Å². The summed E-state index contributed by atoms with van der Waals surface area (Å²) in [4.78, 5) is 23.3. The van der Waals surface area contributed by atoms with Gasteiger partial charge in [0.05, 0.1) is 29.5 Å². The number of nitrogens with zero attached hydrogens (tertiary/aromatic N) is 3. The molecular weight excluding hydrogens is 320 g/mol. The first-order valence-electron chi connectivity index (χ1n) is 8.50. The van der Waals surface area contributed by atoms with Gasteiger partial charge in [0, 0.05) is 17.5 Å². The van der Waals surface area contributed by atoms with Crippen LogP contribution >= 0.6 is 11.3 Å². The Kier molecular flexibility index (Phi) is 3.19. The lowest BCUT2D eigenvalue weighted by Gasteiger charge is -2.12. The van der Waals surface area contributed by atoms with Gasteiger partial charge in [-0.3, -0.25) is 4.79 Å². The van der Waals surface area contributed by atoms with Gasteiger partial charge in [0.2, 0.25) is 5.91 Å². The summed E-state index contributed by atoms with van der Waals surface area (Å²) in [5.41, 5.74) is 4.27. The molecule has 122 valence electrons. The Balaban J connectivity index is 1.69. The van der Waals surface area contributed by atoms with Gasteiger partial charge in [-0.15, -0.1) is 11.3 Å². The molecule has 3 aromatic rings. The van der Waals surface area contributed by atoms with Crippen molar-refractivity contribution in [1.82, 2.24) is 19.7 Å². The molecule has 1 amide bonds. The Hall–Kier alpha value is -2.21. The van der Waals surface area contributed by atoms with Gasteiger partial charge in [0.25, 0.3) is 0 Å². The molecule has 2 aliphatic rings. The second kappa shape index (κ2) is 5.41. The van der Waals surface area contributed by atoms with Gasteiger partial charge in [-0.05, 0) is 37.8 Å². The van der Waals surface area contributed by atoms with Crippen LogP contribution in [0.5, 0.6) is 0 Å². The van der Waals surface area contributed by atoms with Crippen LogP contribution in [-0.4, -0.2) is 20.3 Å². The average Bonchev–Trinajstić information content (AvgIpc) is 3.15. The number of imidazole rings is 1. The van der Waals surface area contributed by atoms with Crippen molar-refractivity contribution in [3.05, 3.63) is 51.4 Å². The van der Waals surface area contributed by atoms with Crippen molar-refractivity contribution in [2.45, 2.75) is 44.6 Å². The molecule has 5 rings (SSSR count). The van der Waals surface area contributed by atoms with Crippen LogP contribution in [0.4, 0.5) is 0 Å². The first-order chi connectivity index (χ1) is 11.8. The lowest BCUT2D eigenvalue weighted by Crippen LogP contribution is -2.21. The van der Waals surface area contributed by atoms with Crippen LogP contribution in [-0.2, 0) is 24.2 Å². The molecule has 0 saturated heterocycles. The summed E-state index contributed by atoms with van der Waals surface area (Å²) in [5.74, 6) is 0.0753. The van der Waals surface area contributed by atoms with Crippen molar-refractivity contribution in [3.63, 3.8) is 0 Å². The zero-order valence-corrected chi connectivity index (χ0v) is 14.1. The lowest BCUT2D eigenvalue weighted by molar-refractivity contribution is -0.121. The third-order valence-corrected chi connectivity index (χ3v) is 6.25. The fourth-order valence-corrected chi connectivity index (χ4v) is 5.08. The highest BCUT2D eigenvalue weighted by atomic mass is 32.1. The maximum atomic E-state index is 12.2. The number of hydrogen-bond donors (Lipinski definition) is 1. The van der Waals surface area contributed by atoms with Crippen molar-refractivity contribution in [2.24, 2.45) is 0 Å². The molecule has 3 aromatic heterocycles. The van der Waals surface area contributed by atoms with E-state index in [0.717, 1.165) is 34.9 Å². The maximum absolute atomic E-state index is 12.2. The van der Waals surface area contributed by atoms with E-state index in [2.05, 4.69) is 9.72 Å². The van der Waals surface area contributed by atoms with Gasteiger partial charge in [-0.2, -0.15) is 0 Å². The predicted molar refractivity (Wildman–Crippen MR) is 92.3 cm³/mol. The summed E-state index contributed by atoms with van der Waals surface area (Å²) in [5, 5.41) is 4.06. The molecule has 1 N–H and O–H groups in total. The van der Waals surface area contributed by atoms with Crippen molar-refractivity contribution >= 4 is 22.9 Å². The van der Waals surface area contributed by atoms with Crippen LogP contribution in [0.1, 0.15) is 52.1 Å². The molecule has 1 atom stereocenters. The predicted octanol–water partition coefficient (Wildman–Crippen LogP) is 2.82. The molecule has 0 bridgehead atoms. The zero-order chi connectivity index (χ0) is 16.1. The molecule has 24 heavy (non-hydrogen) atoms. The minimum atomic E-state index is -0.00417. The number of carbonyl (C=O) groups excluding carboxylic acids is 1. The number of aromatic nitrogens is 3. The monoisotopic (exact) mass is 338 g/mol. The van der Waals surface area contributed by atoms with Crippen molar-refractivity contribution in [1.29, 1.82) is 0 Å². The van der Waals surface area contributed by atoms with E-state index in [4.69, 9.17) is 9.97 Å². The van der Waals surface area contributed by atoms with Gasteiger partial charge in [0.15, 0.2) is 0 Å². The molecule has 1 aliphatic heterocycles. The Morgan fingerprint density at radius 2 is 2.08 bits per heavy atom. The van der Waals surface area contributed by atoms with E-state index >= 15 is 0 Å². The second-order valence-corrected chi connectivity index (χ2v) is 7.65. The third kappa shape index (κ3) is 2.17. The highest BCUT2D eigenvalue weighted by Gasteiger charge is 2.31. The molecule has 1 aliphatic carbocycles. The Morgan fingerprint density at radius 1 is 1.17 bits per heavy atom. The van der Waals surface area contributed by atoms with Crippen LogP contribution in [0, 0.1) is 0 Å². The zero-order valence-electron chi connectivity index (χ0n) is 13.3. The number of pyridine rings is 1. The average molecular weight is 338 g/mol. The summed E-state index contributed by atoms with van der Waals surface area (Å²) in [7, 11) is 0. The largest absolute Gasteiger partial charge is 0.350 e. The third-order valence-electron chi connectivity index (χ3n) is 4.98. The van der Waals surface area contributed by atoms with E-state index in [1.807, 2.05) is 24.4 Å². The molecule has 0 radical (unpaired) electrons. The van der Waals surface area contributed by atoms with E-state index < -0.39 is 0 Å². The van der Waals surface area contributed by atoms with Crippen molar-refractivity contribution in [2.75, 3.05) is 0 Å². The van der Waals surface area contributed by atoms with Crippen LogP contribution < -0.4 is 5.32 Å². The van der Waals surface area contributed by atoms with Gasteiger partial charge in [-0.1, -0.05) is 6.07 Å². The SMILES string of the molecule is O=C1CC(c2nc3c(s2)CCCC3)c2c(nc3ccccn23)CN1. The maximum Gasteiger partial charge on any atom is 0.221 e. The number of rotatable bonds is 1. The lowest BCUT2D eigenvalue weighted by atomic mass is 10.0. The molecule has 0 aromatic carbocycles. The fraction of sp³-hybridized carbons (Fsp3) is 0.389. The minimum absolute atomic E-state index is 0.00417. The number of carbonyl (C=O) groups is 1. The van der Waals surface area contributed by atoms with Crippen molar-refractivity contribution in [3.8, 4) is 0 Å². The minimum Gasteiger partial charge on any atom is -0.350 e. The Bertz CT molecular complexity index is 918. The number of thiazole rings is 1. The first-order valence-corrected chi connectivity index (χ1v) is 9.32. The van der Waals surface area contributed by atoms with E-state index in [1.165, 1.54) is 23.4 Å².